The number of carbonyl (C=O) groups is 1. The van der Waals surface area contributed by atoms with Crippen LogP contribution in [0.3, 0.4) is 0 Å². The van der Waals surface area contributed by atoms with Crippen LogP contribution >= 0.6 is 23.2 Å². The summed E-state index contributed by atoms with van der Waals surface area (Å²) < 4.78 is 1.10. The summed E-state index contributed by atoms with van der Waals surface area (Å²) in [7, 11) is 0. The zero-order valence-electron chi connectivity index (χ0n) is 19.8. The molecule has 0 bridgehead atoms. The largest absolute Gasteiger partial charge is 0.333 e. The van der Waals surface area contributed by atoms with Crippen LogP contribution in [0.5, 0.6) is 0 Å². The van der Waals surface area contributed by atoms with Gasteiger partial charge in [-0.2, -0.15) is 4.98 Å². The van der Waals surface area contributed by atoms with E-state index in [1.807, 2.05) is 36.9 Å². The summed E-state index contributed by atoms with van der Waals surface area (Å²) >= 11 is 12.5. The van der Waals surface area contributed by atoms with Gasteiger partial charge in [0.1, 0.15) is 5.49 Å². The monoisotopic (exact) mass is 523 g/mol. The van der Waals surface area contributed by atoms with Crippen molar-refractivity contribution in [3.63, 3.8) is 0 Å². The van der Waals surface area contributed by atoms with Crippen LogP contribution < -0.4 is 16.5 Å². The number of hydrogen-bond acceptors (Lipinski definition) is 6. The summed E-state index contributed by atoms with van der Waals surface area (Å²) in [6.45, 7) is 6.33. The SMILES string of the molecule is CC(=O)N1CCc2cc(Nc3ncc4c(=N)n(-c5c(Cl)cccc5Cl)c(=O)[nH]c4n3)ccc2C1(C)C. The molecular weight excluding hydrogens is 501 g/mol. The van der Waals surface area contributed by atoms with Gasteiger partial charge in [-0.05, 0) is 55.7 Å². The van der Waals surface area contributed by atoms with Gasteiger partial charge in [-0.1, -0.05) is 35.3 Å². The van der Waals surface area contributed by atoms with Crippen molar-refractivity contribution in [3.8, 4) is 5.69 Å². The van der Waals surface area contributed by atoms with Crippen molar-refractivity contribution in [3.05, 3.63) is 79.7 Å². The minimum absolute atomic E-state index is 0.0540. The minimum Gasteiger partial charge on any atom is -0.333 e. The van der Waals surface area contributed by atoms with Crippen LogP contribution in [-0.2, 0) is 16.8 Å². The van der Waals surface area contributed by atoms with Crippen molar-refractivity contribution in [1.29, 1.82) is 5.41 Å². The van der Waals surface area contributed by atoms with Gasteiger partial charge in [-0.25, -0.2) is 14.3 Å². The molecule has 0 aliphatic carbocycles. The number of carbonyl (C=O) groups excluding carboxylic acids is 1. The number of nitrogens with zero attached hydrogens (tertiary/aromatic N) is 4. The molecule has 4 aromatic rings. The molecule has 0 atom stereocenters. The summed E-state index contributed by atoms with van der Waals surface area (Å²) in [6, 6.07) is 10.8. The Labute approximate surface area is 216 Å². The average molecular weight is 524 g/mol. The fourth-order valence-electron chi connectivity index (χ4n) is 4.82. The van der Waals surface area contributed by atoms with Gasteiger partial charge in [-0.15, -0.1) is 0 Å². The number of amides is 1. The summed E-state index contributed by atoms with van der Waals surface area (Å²) in [4.78, 5) is 38.3. The first-order valence-electron chi connectivity index (χ1n) is 11.3. The number of hydrogen-bond donors (Lipinski definition) is 3. The molecule has 5 rings (SSSR count). The van der Waals surface area contributed by atoms with Crippen molar-refractivity contribution in [2.75, 3.05) is 11.9 Å². The van der Waals surface area contributed by atoms with Crippen LogP contribution in [-0.4, -0.2) is 36.9 Å². The number of para-hydroxylation sites is 1. The average Bonchev–Trinajstić information content (AvgIpc) is 2.80. The fraction of sp³-hybridized carbons (Fsp3) is 0.240. The van der Waals surface area contributed by atoms with E-state index < -0.39 is 11.2 Å². The first-order valence-corrected chi connectivity index (χ1v) is 12.0. The number of H-pyrrole nitrogens is 1. The lowest BCUT2D eigenvalue weighted by atomic mass is 9.83. The van der Waals surface area contributed by atoms with Crippen LogP contribution in [0.4, 0.5) is 11.6 Å². The van der Waals surface area contributed by atoms with Crippen LogP contribution in [0, 0.1) is 5.41 Å². The Hall–Kier alpha value is -3.69. The molecular formula is C25H23Cl2N7O2. The molecule has 184 valence electrons. The van der Waals surface area contributed by atoms with Crippen molar-refractivity contribution in [2.24, 2.45) is 0 Å². The Kier molecular flexibility index (Phi) is 5.84. The van der Waals surface area contributed by atoms with Crippen LogP contribution in [0.1, 0.15) is 31.9 Å². The van der Waals surface area contributed by atoms with Gasteiger partial charge < -0.3 is 10.2 Å². The summed E-state index contributed by atoms with van der Waals surface area (Å²) in [5, 5.41) is 12.6. The van der Waals surface area contributed by atoms with E-state index in [0.717, 1.165) is 27.8 Å². The van der Waals surface area contributed by atoms with E-state index in [4.69, 9.17) is 28.6 Å². The molecule has 1 aliphatic heterocycles. The van der Waals surface area contributed by atoms with E-state index >= 15 is 0 Å². The van der Waals surface area contributed by atoms with Gasteiger partial charge in [0.2, 0.25) is 11.9 Å². The highest BCUT2D eigenvalue weighted by Crippen LogP contribution is 2.36. The van der Waals surface area contributed by atoms with Crippen molar-refractivity contribution >= 4 is 51.8 Å². The molecule has 0 radical (unpaired) electrons. The molecule has 0 fully saturated rings. The predicted molar refractivity (Wildman–Crippen MR) is 139 cm³/mol. The second-order valence-electron chi connectivity index (χ2n) is 9.12. The number of nitrogens with one attached hydrogen (secondary N) is 3. The number of halogens is 2. The number of aromatic amines is 1. The van der Waals surface area contributed by atoms with Gasteiger partial charge in [0, 0.05) is 25.4 Å². The smallest absolute Gasteiger partial charge is 0.333 e. The summed E-state index contributed by atoms with van der Waals surface area (Å²) in [5.74, 6) is 0.324. The summed E-state index contributed by atoms with van der Waals surface area (Å²) in [6.07, 6.45) is 2.21. The molecule has 0 saturated carbocycles. The number of anilines is 2. The van der Waals surface area contributed by atoms with Crippen LogP contribution in [0.25, 0.3) is 16.7 Å². The van der Waals surface area contributed by atoms with Gasteiger partial charge in [-0.3, -0.25) is 15.2 Å². The third kappa shape index (κ3) is 3.94. The van der Waals surface area contributed by atoms with Crippen LogP contribution in [0.2, 0.25) is 10.0 Å². The second-order valence-corrected chi connectivity index (χ2v) is 9.93. The number of aromatic nitrogens is 4. The molecule has 9 nitrogen and oxygen atoms in total. The van der Waals surface area contributed by atoms with Gasteiger partial charge in [0.15, 0.2) is 5.65 Å². The molecule has 0 unspecified atom stereocenters. The molecule has 2 aromatic carbocycles. The molecule has 0 saturated heterocycles. The lowest BCUT2D eigenvalue weighted by Gasteiger charge is -2.43. The minimum atomic E-state index is -0.599. The maximum Gasteiger partial charge on any atom is 0.333 e. The highest BCUT2D eigenvalue weighted by molar-refractivity contribution is 6.37. The molecule has 3 N–H and O–H groups in total. The van der Waals surface area contributed by atoms with E-state index in [0.29, 0.717) is 11.9 Å². The maximum atomic E-state index is 12.9. The van der Waals surface area contributed by atoms with Crippen molar-refractivity contribution < 1.29 is 4.79 Å². The lowest BCUT2D eigenvalue weighted by Crippen LogP contribution is -2.49. The lowest BCUT2D eigenvalue weighted by molar-refractivity contribution is -0.135. The second kappa shape index (κ2) is 8.76. The Morgan fingerprint density at radius 2 is 1.92 bits per heavy atom. The zero-order valence-corrected chi connectivity index (χ0v) is 21.3. The molecule has 0 spiro atoms. The highest BCUT2D eigenvalue weighted by Gasteiger charge is 2.35. The van der Waals surface area contributed by atoms with E-state index in [1.54, 1.807) is 25.1 Å². The summed E-state index contributed by atoms with van der Waals surface area (Å²) in [5.41, 5.74) is 2.31. The third-order valence-corrected chi connectivity index (χ3v) is 7.15. The van der Waals surface area contributed by atoms with Crippen LogP contribution in [0.15, 0.2) is 47.4 Å². The molecule has 3 heterocycles. The zero-order chi connectivity index (χ0) is 25.8. The molecule has 1 aliphatic rings. The highest BCUT2D eigenvalue weighted by atomic mass is 35.5. The van der Waals surface area contributed by atoms with E-state index in [9.17, 15) is 9.59 Å². The van der Waals surface area contributed by atoms with E-state index in [1.165, 1.54) is 6.20 Å². The Balaban J connectivity index is 1.50. The van der Waals surface area contributed by atoms with E-state index in [2.05, 4.69) is 20.3 Å². The van der Waals surface area contributed by atoms with E-state index in [-0.39, 0.29) is 38.7 Å². The number of fused-ring (bicyclic) bond motifs is 2. The third-order valence-electron chi connectivity index (χ3n) is 6.54. The first kappa shape index (κ1) is 24.0. The Bertz CT molecular complexity index is 1640. The number of rotatable bonds is 3. The molecule has 2 aromatic heterocycles. The van der Waals surface area contributed by atoms with Crippen molar-refractivity contribution in [2.45, 2.75) is 32.7 Å². The predicted octanol–water partition coefficient (Wildman–Crippen LogP) is 4.28. The van der Waals surface area contributed by atoms with Crippen molar-refractivity contribution in [1.82, 2.24) is 24.4 Å². The standard InChI is InChI=1S/C25H23Cl2N7O2/c1-13(35)33-10-9-14-11-15(7-8-17(14)25(33,2)3)30-23-29-12-16-21(28)34(24(36)32-22(16)31-23)20-18(26)5-4-6-19(20)27/h4-8,11-12,28H,9-10H2,1-3H3,(H2,29,30,31,32,36). The number of benzene rings is 2. The molecule has 11 heteroatoms. The quantitative estimate of drug-likeness (QED) is 0.370. The Morgan fingerprint density at radius 3 is 2.61 bits per heavy atom. The van der Waals surface area contributed by atoms with Gasteiger partial charge >= 0.3 is 5.69 Å². The first-order chi connectivity index (χ1) is 17.1. The Morgan fingerprint density at radius 1 is 1.19 bits per heavy atom. The normalized spacial score (nSPS) is 14.5. The topological polar surface area (TPSA) is 120 Å². The molecule has 36 heavy (non-hydrogen) atoms. The van der Waals surface area contributed by atoms with Gasteiger partial charge in [0.05, 0.1) is 26.7 Å². The fourth-order valence-corrected chi connectivity index (χ4v) is 5.38. The maximum absolute atomic E-state index is 12.9. The van der Waals surface area contributed by atoms with Gasteiger partial charge in [0.25, 0.3) is 0 Å². The molecule has 1 amide bonds.